The molecule has 0 bridgehead atoms. The third-order valence-electron chi connectivity index (χ3n) is 4.02. The van der Waals surface area contributed by atoms with E-state index in [9.17, 15) is 4.79 Å². The van der Waals surface area contributed by atoms with Crippen LogP contribution in [0.2, 0.25) is 0 Å². The molecule has 4 aromatic rings. The normalized spacial score (nSPS) is 10.5. The van der Waals surface area contributed by atoms with Gasteiger partial charge in [-0.2, -0.15) is 0 Å². The maximum atomic E-state index is 12.2. The third kappa shape index (κ3) is 5.00. The lowest BCUT2D eigenvalue weighted by Gasteiger charge is -2.08. The molecule has 0 spiro atoms. The zero-order valence-corrected chi connectivity index (χ0v) is 17.4. The summed E-state index contributed by atoms with van der Waals surface area (Å²) < 4.78 is 12.4. The van der Waals surface area contributed by atoms with Gasteiger partial charge in [-0.25, -0.2) is 0 Å². The van der Waals surface area contributed by atoms with E-state index < -0.39 is 0 Å². The number of halogens is 1. The summed E-state index contributed by atoms with van der Waals surface area (Å²) in [5, 5.41) is 11.0. The van der Waals surface area contributed by atoms with Crippen molar-refractivity contribution in [2.45, 2.75) is 0 Å². The van der Waals surface area contributed by atoms with Crippen molar-refractivity contribution in [3.05, 3.63) is 82.4 Å². The van der Waals surface area contributed by atoms with Crippen LogP contribution in [-0.2, 0) is 4.79 Å². The van der Waals surface area contributed by atoms with E-state index in [0.29, 0.717) is 23.2 Å². The molecule has 0 saturated carbocycles. The molecule has 1 heterocycles. The van der Waals surface area contributed by atoms with Gasteiger partial charge in [0, 0.05) is 20.4 Å². The quantitative estimate of drug-likeness (QED) is 0.379. The Morgan fingerprint density at radius 2 is 1.59 bits per heavy atom. The van der Waals surface area contributed by atoms with Crippen molar-refractivity contribution in [2.24, 2.45) is 0 Å². The van der Waals surface area contributed by atoms with E-state index >= 15 is 0 Å². The van der Waals surface area contributed by atoms with Crippen molar-refractivity contribution in [3.8, 4) is 28.7 Å². The molecule has 0 fully saturated rings. The second-order valence-corrected chi connectivity index (χ2v) is 7.40. The number of carbonyl (C=O) groups excluding carboxylic acids is 1. The van der Waals surface area contributed by atoms with Crippen molar-refractivity contribution < 1.29 is 13.9 Å². The van der Waals surface area contributed by atoms with Crippen molar-refractivity contribution in [3.63, 3.8) is 0 Å². The molecule has 7 heteroatoms. The molecule has 0 atom stereocenters. The molecular formula is C22H16IN3O3. The monoisotopic (exact) mass is 497 g/mol. The van der Waals surface area contributed by atoms with Gasteiger partial charge in [0.15, 0.2) is 6.61 Å². The molecular weight excluding hydrogens is 481 g/mol. The van der Waals surface area contributed by atoms with Crippen LogP contribution in [-0.4, -0.2) is 22.7 Å². The highest BCUT2D eigenvalue weighted by Crippen LogP contribution is 2.25. The number of ether oxygens (including phenoxy) is 1. The highest BCUT2D eigenvalue weighted by atomic mass is 127. The minimum atomic E-state index is -0.254. The van der Waals surface area contributed by atoms with Crippen LogP contribution in [0.5, 0.6) is 5.75 Å². The van der Waals surface area contributed by atoms with Crippen LogP contribution in [0, 0.1) is 3.57 Å². The van der Waals surface area contributed by atoms with Gasteiger partial charge in [0.05, 0.1) is 0 Å². The molecule has 0 aliphatic rings. The van der Waals surface area contributed by atoms with Crippen LogP contribution in [0.3, 0.4) is 0 Å². The standard InChI is InChI=1S/C22H16IN3O3/c23-17-9-11-19(12-10-17)28-14-20(27)24-18-8-4-7-16(13-18)22-26-25-21(29-22)15-5-2-1-3-6-15/h1-13H,14H2,(H,24,27). The SMILES string of the molecule is O=C(COc1ccc(I)cc1)Nc1cccc(-c2nnc(-c3ccccc3)o2)c1. The lowest BCUT2D eigenvalue weighted by molar-refractivity contribution is -0.118. The van der Waals surface area contributed by atoms with Crippen LogP contribution >= 0.6 is 22.6 Å². The van der Waals surface area contributed by atoms with Gasteiger partial charge >= 0.3 is 0 Å². The summed E-state index contributed by atoms with van der Waals surface area (Å²) in [6.45, 7) is -0.0798. The molecule has 0 aliphatic heterocycles. The van der Waals surface area contributed by atoms with Gasteiger partial charge in [-0.1, -0.05) is 24.3 Å². The van der Waals surface area contributed by atoms with Gasteiger partial charge in [0.25, 0.3) is 5.91 Å². The lowest BCUT2D eigenvalue weighted by Crippen LogP contribution is -2.20. The summed E-state index contributed by atoms with van der Waals surface area (Å²) in [7, 11) is 0. The fourth-order valence-corrected chi connectivity index (χ4v) is 3.00. The first kappa shape index (κ1) is 19.1. The van der Waals surface area contributed by atoms with Gasteiger partial charge in [0.1, 0.15) is 5.75 Å². The van der Waals surface area contributed by atoms with Gasteiger partial charge in [-0.3, -0.25) is 4.79 Å². The van der Waals surface area contributed by atoms with Gasteiger partial charge in [-0.15, -0.1) is 10.2 Å². The first-order valence-corrected chi connectivity index (χ1v) is 9.93. The van der Waals surface area contributed by atoms with E-state index in [4.69, 9.17) is 9.15 Å². The number of benzene rings is 3. The van der Waals surface area contributed by atoms with Gasteiger partial charge in [-0.05, 0) is 77.2 Å². The molecule has 1 aromatic heterocycles. The summed E-state index contributed by atoms with van der Waals surface area (Å²) in [4.78, 5) is 12.2. The number of anilines is 1. The minimum Gasteiger partial charge on any atom is -0.484 e. The number of nitrogens with one attached hydrogen (secondary N) is 1. The smallest absolute Gasteiger partial charge is 0.262 e. The summed E-state index contributed by atoms with van der Waals surface area (Å²) in [5.41, 5.74) is 2.19. The molecule has 1 amide bonds. The highest BCUT2D eigenvalue weighted by Gasteiger charge is 2.11. The number of hydrogen-bond acceptors (Lipinski definition) is 5. The Hall–Kier alpha value is -3.20. The van der Waals surface area contributed by atoms with Crippen LogP contribution in [0.15, 0.2) is 83.3 Å². The Bertz CT molecular complexity index is 1110. The maximum Gasteiger partial charge on any atom is 0.262 e. The predicted octanol–water partition coefficient (Wildman–Crippen LogP) is 5.03. The van der Waals surface area contributed by atoms with Crippen LogP contribution < -0.4 is 10.1 Å². The number of rotatable bonds is 6. The summed E-state index contributed by atoms with van der Waals surface area (Å²) in [6, 6.07) is 24.3. The number of aromatic nitrogens is 2. The van der Waals surface area contributed by atoms with Crippen LogP contribution in [0.25, 0.3) is 22.9 Å². The first-order chi connectivity index (χ1) is 14.2. The molecule has 0 unspecified atom stereocenters. The van der Waals surface area contributed by atoms with E-state index in [2.05, 4.69) is 38.1 Å². The molecule has 0 radical (unpaired) electrons. The summed E-state index contributed by atoms with van der Waals surface area (Å²) >= 11 is 2.21. The Balaban J connectivity index is 1.41. The fraction of sp³-hybridized carbons (Fsp3) is 0.0455. The predicted molar refractivity (Wildman–Crippen MR) is 118 cm³/mol. The van der Waals surface area contributed by atoms with E-state index in [1.54, 1.807) is 12.1 Å². The third-order valence-corrected chi connectivity index (χ3v) is 4.74. The van der Waals surface area contributed by atoms with E-state index in [0.717, 1.165) is 14.7 Å². The van der Waals surface area contributed by atoms with Gasteiger partial charge < -0.3 is 14.5 Å². The number of carbonyl (C=O) groups is 1. The van der Waals surface area contributed by atoms with Crippen LogP contribution in [0.1, 0.15) is 0 Å². The Morgan fingerprint density at radius 3 is 2.34 bits per heavy atom. The van der Waals surface area contributed by atoms with E-state index in [1.165, 1.54) is 0 Å². The van der Waals surface area contributed by atoms with Gasteiger partial charge in [0.2, 0.25) is 11.8 Å². The summed E-state index contributed by atoms with van der Waals surface area (Å²) in [5.74, 6) is 1.22. The molecule has 144 valence electrons. The Morgan fingerprint density at radius 1 is 0.897 bits per heavy atom. The second-order valence-electron chi connectivity index (χ2n) is 6.15. The number of amides is 1. The van der Waals surface area contributed by atoms with E-state index in [1.807, 2.05) is 66.7 Å². The number of hydrogen-bond donors (Lipinski definition) is 1. The molecule has 3 aromatic carbocycles. The Kier molecular flexibility index (Phi) is 5.85. The number of nitrogens with zero attached hydrogens (tertiary/aromatic N) is 2. The van der Waals surface area contributed by atoms with Crippen LogP contribution in [0.4, 0.5) is 5.69 Å². The molecule has 4 rings (SSSR count). The minimum absolute atomic E-state index is 0.0798. The first-order valence-electron chi connectivity index (χ1n) is 8.85. The average molecular weight is 497 g/mol. The lowest BCUT2D eigenvalue weighted by atomic mass is 10.2. The van der Waals surface area contributed by atoms with Crippen molar-refractivity contribution in [1.29, 1.82) is 0 Å². The average Bonchev–Trinajstić information content (AvgIpc) is 3.25. The zero-order chi connectivity index (χ0) is 20.1. The van der Waals surface area contributed by atoms with Crippen molar-refractivity contribution >= 4 is 34.2 Å². The van der Waals surface area contributed by atoms with Crippen molar-refractivity contribution in [1.82, 2.24) is 10.2 Å². The molecule has 1 N–H and O–H groups in total. The summed E-state index contributed by atoms with van der Waals surface area (Å²) in [6.07, 6.45) is 0. The fourth-order valence-electron chi connectivity index (χ4n) is 2.64. The van der Waals surface area contributed by atoms with E-state index in [-0.39, 0.29) is 12.5 Å². The Labute approximate surface area is 181 Å². The molecule has 0 saturated heterocycles. The second kappa shape index (κ2) is 8.87. The molecule has 29 heavy (non-hydrogen) atoms. The zero-order valence-electron chi connectivity index (χ0n) is 15.2. The largest absolute Gasteiger partial charge is 0.484 e. The highest BCUT2D eigenvalue weighted by molar-refractivity contribution is 14.1. The molecule has 0 aliphatic carbocycles. The maximum absolute atomic E-state index is 12.2. The van der Waals surface area contributed by atoms with Crippen molar-refractivity contribution in [2.75, 3.05) is 11.9 Å². The molecule has 6 nitrogen and oxygen atoms in total. The topological polar surface area (TPSA) is 77.2 Å².